The van der Waals surface area contributed by atoms with E-state index in [4.69, 9.17) is 4.74 Å². The molecule has 0 aliphatic heterocycles. The Morgan fingerprint density at radius 1 is 0.882 bits per heavy atom. The fourth-order valence-electron chi connectivity index (χ4n) is 2.08. The molecule has 0 aromatic heterocycles. The third-order valence-corrected chi connectivity index (χ3v) is 3.36. The number of hydrogen-bond donors (Lipinski definition) is 1. The van der Waals surface area contributed by atoms with E-state index in [0.29, 0.717) is 0 Å². The molecule has 0 unspecified atom stereocenters. The first-order valence-corrected chi connectivity index (χ1v) is 7.23. The maximum atomic E-state index is 5.58. The molecule has 0 aromatic carbocycles. The quantitative estimate of drug-likeness (QED) is 0.592. The molecule has 0 atom stereocenters. The van der Waals surface area contributed by atoms with Crippen molar-refractivity contribution < 1.29 is 4.74 Å². The molecule has 0 saturated heterocycles. The standard InChI is InChI=1S/C15H33NO/c1-12(2)7-9-17-10-8-16-11-15(13(3)4)14(5)6/h12-16H,7-11H2,1-6H3. The van der Waals surface area contributed by atoms with Crippen LogP contribution in [0.3, 0.4) is 0 Å². The van der Waals surface area contributed by atoms with Gasteiger partial charge in [0.25, 0.3) is 0 Å². The van der Waals surface area contributed by atoms with Crippen LogP contribution in [0.25, 0.3) is 0 Å². The van der Waals surface area contributed by atoms with Gasteiger partial charge in [0.15, 0.2) is 0 Å². The lowest BCUT2D eigenvalue weighted by atomic mass is 9.85. The van der Waals surface area contributed by atoms with Gasteiger partial charge in [-0.2, -0.15) is 0 Å². The summed E-state index contributed by atoms with van der Waals surface area (Å²) in [6.45, 7) is 17.5. The minimum absolute atomic E-state index is 0.745. The Bertz CT molecular complexity index is 158. The summed E-state index contributed by atoms with van der Waals surface area (Å²) in [5, 5.41) is 3.51. The zero-order chi connectivity index (χ0) is 13.3. The van der Waals surface area contributed by atoms with Crippen LogP contribution in [0, 0.1) is 23.7 Å². The molecule has 0 saturated carbocycles. The highest BCUT2D eigenvalue weighted by Crippen LogP contribution is 2.19. The van der Waals surface area contributed by atoms with E-state index in [-0.39, 0.29) is 0 Å². The van der Waals surface area contributed by atoms with Crippen LogP contribution < -0.4 is 5.32 Å². The summed E-state index contributed by atoms with van der Waals surface area (Å²) < 4.78 is 5.58. The van der Waals surface area contributed by atoms with Crippen LogP contribution in [0.5, 0.6) is 0 Å². The molecule has 0 aliphatic rings. The average Bonchev–Trinajstić information content (AvgIpc) is 2.20. The van der Waals surface area contributed by atoms with E-state index < -0.39 is 0 Å². The van der Waals surface area contributed by atoms with Gasteiger partial charge >= 0.3 is 0 Å². The van der Waals surface area contributed by atoms with E-state index in [1.54, 1.807) is 0 Å². The highest BCUT2D eigenvalue weighted by Gasteiger charge is 2.16. The van der Waals surface area contributed by atoms with Crippen molar-refractivity contribution in [1.82, 2.24) is 5.32 Å². The zero-order valence-corrected chi connectivity index (χ0v) is 12.8. The van der Waals surface area contributed by atoms with E-state index in [1.165, 1.54) is 6.42 Å². The van der Waals surface area contributed by atoms with E-state index in [0.717, 1.165) is 50.0 Å². The van der Waals surface area contributed by atoms with Crippen LogP contribution in [0.15, 0.2) is 0 Å². The first-order valence-electron chi connectivity index (χ1n) is 7.23. The molecular formula is C15H33NO. The SMILES string of the molecule is CC(C)CCOCCNCC(C(C)C)C(C)C. The second kappa shape index (κ2) is 9.90. The molecule has 0 spiro atoms. The van der Waals surface area contributed by atoms with Crippen molar-refractivity contribution in [3.63, 3.8) is 0 Å². The molecule has 0 heterocycles. The summed E-state index contributed by atoms with van der Waals surface area (Å²) >= 11 is 0. The van der Waals surface area contributed by atoms with Crippen LogP contribution in [0.1, 0.15) is 48.0 Å². The molecule has 0 aliphatic carbocycles. The van der Waals surface area contributed by atoms with Gasteiger partial charge < -0.3 is 10.1 Å². The number of ether oxygens (including phenoxy) is 1. The summed E-state index contributed by atoms with van der Waals surface area (Å²) in [5.74, 6) is 3.02. The first-order chi connectivity index (χ1) is 7.95. The number of hydrogen-bond acceptors (Lipinski definition) is 2. The lowest BCUT2D eigenvalue weighted by Gasteiger charge is -2.25. The van der Waals surface area contributed by atoms with Gasteiger partial charge in [-0.25, -0.2) is 0 Å². The maximum Gasteiger partial charge on any atom is 0.0590 e. The predicted octanol–water partition coefficient (Wildman–Crippen LogP) is 3.57. The molecule has 0 amide bonds. The molecule has 0 radical (unpaired) electrons. The minimum Gasteiger partial charge on any atom is -0.380 e. The Morgan fingerprint density at radius 2 is 1.47 bits per heavy atom. The normalized spacial score (nSPS) is 12.4. The second-order valence-electron chi connectivity index (χ2n) is 6.15. The van der Waals surface area contributed by atoms with Crippen LogP contribution in [0.2, 0.25) is 0 Å². The summed E-state index contributed by atoms with van der Waals surface area (Å²) in [7, 11) is 0. The van der Waals surface area contributed by atoms with Gasteiger partial charge in [0.2, 0.25) is 0 Å². The van der Waals surface area contributed by atoms with Crippen molar-refractivity contribution in [2.45, 2.75) is 48.0 Å². The maximum absolute atomic E-state index is 5.58. The first kappa shape index (κ1) is 16.9. The molecule has 1 N–H and O–H groups in total. The molecule has 0 rings (SSSR count). The Morgan fingerprint density at radius 3 is 1.94 bits per heavy atom. The third kappa shape index (κ3) is 9.61. The summed E-state index contributed by atoms with van der Waals surface area (Å²) in [6.07, 6.45) is 1.17. The third-order valence-electron chi connectivity index (χ3n) is 3.36. The molecule has 0 bridgehead atoms. The largest absolute Gasteiger partial charge is 0.380 e. The van der Waals surface area contributed by atoms with Crippen molar-refractivity contribution >= 4 is 0 Å². The minimum atomic E-state index is 0.745. The molecule has 2 heteroatoms. The molecule has 17 heavy (non-hydrogen) atoms. The number of rotatable bonds is 10. The van der Waals surface area contributed by atoms with Gasteiger partial charge in [-0.1, -0.05) is 41.5 Å². The van der Waals surface area contributed by atoms with Gasteiger partial charge in [0.05, 0.1) is 6.61 Å². The Labute approximate surface area is 109 Å². The molecule has 0 aromatic rings. The van der Waals surface area contributed by atoms with Gasteiger partial charge in [0.1, 0.15) is 0 Å². The second-order valence-corrected chi connectivity index (χ2v) is 6.15. The van der Waals surface area contributed by atoms with Crippen LogP contribution >= 0.6 is 0 Å². The van der Waals surface area contributed by atoms with Crippen LogP contribution in [-0.4, -0.2) is 26.3 Å². The van der Waals surface area contributed by atoms with Crippen LogP contribution in [0.4, 0.5) is 0 Å². The number of nitrogens with one attached hydrogen (secondary N) is 1. The Hall–Kier alpha value is -0.0800. The lowest BCUT2D eigenvalue weighted by molar-refractivity contribution is 0.123. The average molecular weight is 243 g/mol. The summed E-state index contributed by atoms with van der Waals surface area (Å²) in [5.41, 5.74) is 0. The Kier molecular flexibility index (Phi) is 9.85. The highest BCUT2D eigenvalue weighted by molar-refractivity contribution is 4.69. The van der Waals surface area contributed by atoms with E-state index in [1.807, 2.05) is 0 Å². The summed E-state index contributed by atoms with van der Waals surface area (Å²) in [6, 6.07) is 0. The van der Waals surface area contributed by atoms with Gasteiger partial charge in [-0.05, 0) is 36.6 Å². The summed E-state index contributed by atoms with van der Waals surface area (Å²) in [4.78, 5) is 0. The van der Waals surface area contributed by atoms with E-state index >= 15 is 0 Å². The van der Waals surface area contributed by atoms with Crippen LogP contribution in [-0.2, 0) is 4.74 Å². The zero-order valence-electron chi connectivity index (χ0n) is 12.8. The molecule has 2 nitrogen and oxygen atoms in total. The van der Waals surface area contributed by atoms with E-state index in [2.05, 4.69) is 46.9 Å². The van der Waals surface area contributed by atoms with Gasteiger partial charge in [-0.15, -0.1) is 0 Å². The van der Waals surface area contributed by atoms with Crippen molar-refractivity contribution in [2.24, 2.45) is 23.7 Å². The van der Waals surface area contributed by atoms with Crippen molar-refractivity contribution in [3.8, 4) is 0 Å². The molecule has 0 fully saturated rings. The lowest BCUT2D eigenvalue weighted by Crippen LogP contribution is -2.31. The van der Waals surface area contributed by atoms with Gasteiger partial charge in [0, 0.05) is 13.2 Å². The Balaban J connectivity index is 3.43. The van der Waals surface area contributed by atoms with Gasteiger partial charge in [-0.3, -0.25) is 0 Å². The monoisotopic (exact) mass is 243 g/mol. The topological polar surface area (TPSA) is 21.3 Å². The molecule has 104 valence electrons. The van der Waals surface area contributed by atoms with Crippen molar-refractivity contribution in [2.75, 3.05) is 26.3 Å². The fraction of sp³-hybridized carbons (Fsp3) is 1.00. The van der Waals surface area contributed by atoms with Crippen molar-refractivity contribution in [1.29, 1.82) is 0 Å². The smallest absolute Gasteiger partial charge is 0.0590 e. The molecular weight excluding hydrogens is 210 g/mol. The predicted molar refractivity (Wildman–Crippen MR) is 76.3 cm³/mol. The highest BCUT2D eigenvalue weighted by atomic mass is 16.5. The van der Waals surface area contributed by atoms with E-state index in [9.17, 15) is 0 Å². The fourth-order valence-corrected chi connectivity index (χ4v) is 2.08. The van der Waals surface area contributed by atoms with Crippen molar-refractivity contribution in [3.05, 3.63) is 0 Å².